The molecular weight excluding hydrogens is 312 g/mol. The second-order valence-electron chi connectivity index (χ2n) is 6.11. The molecular formula is C17H20N2O3S. The number of ether oxygens (including phenoxy) is 1. The summed E-state index contributed by atoms with van der Waals surface area (Å²) in [6.07, 6.45) is -0.583. The Morgan fingerprint density at radius 1 is 1.04 bits per heavy atom. The third kappa shape index (κ3) is 5.10. The molecule has 0 radical (unpaired) electrons. The normalized spacial score (nSPS) is 11.0. The molecule has 6 heteroatoms. The van der Waals surface area contributed by atoms with Gasteiger partial charge in [-0.2, -0.15) is 0 Å². The number of carbonyl (C=O) groups excluding carboxylic acids is 2. The van der Waals surface area contributed by atoms with E-state index in [2.05, 4.69) is 10.6 Å². The SMILES string of the molecule is Cc1ccc(NC(=O)c2sccc2NC(=O)OC(C)(C)C)cc1. The lowest BCUT2D eigenvalue weighted by Crippen LogP contribution is -2.27. The van der Waals surface area contributed by atoms with Crippen LogP contribution in [0.5, 0.6) is 0 Å². The molecule has 0 spiro atoms. The Labute approximate surface area is 139 Å². The third-order valence-corrected chi connectivity index (χ3v) is 3.73. The molecule has 0 aliphatic carbocycles. The fourth-order valence-corrected chi connectivity index (χ4v) is 2.57. The topological polar surface area (TPSA) is 67.4 Å². The van der Waals surface area contributed by atoms with Gasteiger partial charge in [-0.3, -0.25) is 10.1 Å². The monoisotopic (exact) mass is 332 g/mol. The molecule has 1 heterocycles. The Bertz CT molecular complexity index is 699. The standard InChI is InChI=1S/C17H20N2O3S/c1-11-5-7-12(8-6-11)18-15(20)14-13(9-10-23-14)19-16(21)22-17(2,3)4/h5-10H,1-4H3,(H,18,20)(H,19,21). The molecule has 1 aromatic carbocycles. The van der Waals surface area contributed by atoms with Crippen molar-refractivity contribution < 1.29 is 14.3 Å². The highest BCUT2D eigenvalue weighted by molar-refractivity contribution is 7.12. The van der Waals surface area contributed by atoms with Gasteiger partial charge in [-0.1, -0.05) is 17.7 Å². The van der Waals surface area contributed by atoms with Crippen molar-refractivity contribution >= 4 is 34.7 Å². The lowest BCUT2D eigenvalue weighted by Gasteiger charge is -2.19. The summed E-state index contributed by atoms with van der Waals surface area (Å²) in [7, 11) is 0. The van der Waals surface area contributed by atoms with Crippen LogP contribution in [0.25, 0.3) is 0 Å². The molecule has 2 amide bonds. The Kier molecular flexibility index (Phi) is 5.05. The molecule has 0 saturated heterocycles. The highest BCUT2D eigenvalue weighted by Gasteiger charge is 2.20. The Hall–Kier alpha value is -2.34. The fraction of sp³-hybridized carbons (Fsp3) is 0.294. The average Bonchev–Trinajstić information content (AvgIpc) is 2.87. The van der Waals surface area contributed by atoms with Crippen LogP contribution in [0.2, 0.25) is 0 Å². The number of anilines is 2. The number of benzene rings is 1. The van der Waals surface area contributed by atoms with Crippen LogP contribution in [-0.4, -0.2) is 17.6 Å². The molecule has 0 aliphatic rings. The first kappa shape index (κ1) is 17.0. The summed E-state index contributed by atoms with van der Waals surface area (Å²) in [5.41, 5.74) is 1.67. The molecule has 2 N–H and O–H groups in total. The van der Waals surface area contributed by atoms with Crippen LogP contribution in [0.15, 0.2) is 35.7 Å². The largest absolute Gasteiger partial charge is 0.444 e. The summed E-state index contributed by atoms with van der Waals surface area (Å²) < 4.78 is 5.20. The summed E-state index contributed by atoms with van der Waals surface area (Å²) in [6, 6.07) is 9.19. The van der Waals surface area contributed by atoms with Crippen LogP contribution in [0.4, 0.5) is 16.2 Å². The molecule has 0 bridgehead atoms. The minimum absolute atomic E-state index is 0.269. The molecule has 122 valence electrons. The van der Waals surface area contributed by atoms with E-state index in [1.165, 1.54) is 11.3 Å². The molecule has 2 rings (SSSR count). The van der Waals surface area contributed by atoms with E-state index in [9.17, 15) is 9.59 Å². The Morgan fingerprint density at radius 2 is 1.70 bits per heavy atom. The highest BCUT2D eigenvalue weighted by atomic mass is 32.1. The molecule has 5 nitrogen and oxygen atoms in total. The smallest absolute Gasteiger partial charge is 0.412 e. The average molecular weight is 332 g/mol. The van der Waals surface area contributed by atoms with Crippen molar-refractivity contribution in [3.05, 3.63) is 46.2 Å². The van der Waals surface area contributed by atoms with E-state index in [4.69, 9.17) is 4.74 Å². The van der Waals surface area contributed by atoms with Crippen LogP contribution < -0.4 is 10.6 Å². The number of rotatable bonds is 3. The minimum atomic E-state index is -0.593. The third-order valence-electron chi connectivity index (χ3n) is 2.82. The van der Waals surface area contributed by atoms with Gasteiger partial charge in [0.15, 0.2) is 0 Å². The zero-order valence-electron chi connectivity index (χ0n) is 13.6. The lowest BCUT2D eigenvalue weighted by molar-refractivity contribution is 0.0636. The van der Waals surface area contributed by atoms with Crippen molar-refractivity contribution in [2.75, 3.05) is 10.6 Å². The van der Waals surface area contributed by atoms with Gasteiger partial charge in [-0.05, 0) is 51.3 Å². The van der Waals surface area contributed by atoms with E-state index in [-0.39, 0.29) is 5.91 Å². The van der Waals surface area contributed by atoms with E-state index in [1.54, 1.807) is 32.2 Å². The van der Waals surface area contributed by atoms with Gasteiger partial charge in [0.05, 0.1) is 5.69 Å². The predicted molar refractivity (Wildman–Crippen MR) is 93.3 cm³/mol. The fourth-order valence-electron chi connectivity index (χ4n) is 1.82. The number of thiophene rings is 1. The van der Waals surface area contributed by atoms with Crippen molar-refractivity contribution in [1.29, 1.82) is 0 Å². The van der Waals surface area contributed by atoms with E-state index in [0.717, 1.165) is 5.56 Å². The van der Waals surface area contributed by atoms with Crippen molar-refractivity contribution in [3.8, 4) is 0 Å². The minimum Gasteiger partial charge on any atom is -0.444 e. The summed E-state index contributed by atoms with van der Waals surface area (Å²) in [5.74, 6) is -0.269. The van der Waals surface area contributed by atoms with Gasteiger partial charge in [0.2, 0.25) is 0 Å². The van der Waals surface area contributed by atoms with Gasteiger partial charge in [0.25, 0.3) is 5.91 Å². The summed E-state index contributed by atoms with van der Waals surface area (Å²) >= 11 is 1.26. The summed E-state index contributed by atoms with van der Waals surface area (Å²) in [5, 5.41) is 7.17. The van der Waals surface area contributed by atoms with E-state index in [0.29, 0.717) is 16.3 Å². The van der Waals surface area contributed by atoms with Crippen LogP contribution in [-0.2, 0) is 4.74 Å². The van der Waals surface area contributed by atoms with Gasteiger partial charge < -0.3 is 10.1 Å². The van der Waals surface area contributed by atoms with Crippen molar-refractivity contribution in [1.82, 2.24) is 0 Å². The molecule has 1 aromatic heterocycles. The van der Waals surface area contributed by atoms with Gasteiger partial charge in [0.1, 0.15) is 10.5 Å². The molecule has 0 aliphatic heterocycles. The van der Waals surface area contributed by atoms with Crippen LogP contribution in [0.1, 0.15) is 36.0 Å². The molecule has 0 saturated carbocycles. The van der Waals surface area contributed by atoms with Crippen molar-refractivity contribution in [2.45, 2.75) is 33.3 Å². The highest BCUT2D eigenvalue weighted by Crippen LogP contribution is 2.24. The number of amides is 2. The maximum Gasteiger partial charge on any atom is 0.412 e. The lowest BCUT2D eigenvalue weighted by atomic mass is 10.2. The molecule has 0 unspecified atom stereocenters. The van der Waals surface area contributed by atoms with Crippen molar-refractivity contribution in [2.24, 2.45) is 0 Å². The number of nitrogens with one attached hydrogen (secondary N) is 2. The van der Waals surface area contributed by atoms with Crippen molar-refractivity contribution in [3.63, 3.8) is 0 Å². The van der Waals surface area contributed by atoms with E-state index < -0.39 is 11.7 Å². The van der Waals surface area contributed by atoms with Crippen LogP contribution in [0, 0.1) is 6.92 Å². The quantitative estimate of drug-likeness (QED) is 0.859. The number of hydrogen-bond donors (Lipinski definition) is 2. The van der Waals surface area contributed by atoms with Gasteiger partial charge in [-0.15, -0.1) is 11.3 Å². The summed E-state index contributed by atoms with van der Waals surface area (Å²) in [6.45, 7) is 7.33. The van der Waals surface area contributed by atoms with Gasteiger partial charge in [0, 0.05) is 5.69 Å². The first-order valence-corrected chi connectivity index (χ1v) is 8.08. The maximum atomic E-state index is 12.4. The van der Waals surface area contributed by atoms with Gasteiger partial charge in [-0.25, -0.2) is 4.79 Å². The zero-order chi connectivity index (χ0) is 17.0. The second-order valence-corrected chi connectivity index (χ2v) is 7.03. The summed E-state index contributed by atoms with van der Waals surface area (Å²) in [4.78, 5) is 24.6. The zero-order valence-corrected chi connectivity index (χ0v) is 14.4. The van der Waals surface area contributed by atoms with Crippen LogP contribution in [0.3, 0.4) is 0 Å². The molecule has 0 fully saturated rings. The molecule has 2 aromatic rings. The first-order chi connectivity index (χ1) is 10.7. The number of carbonyl (C=O) groups is 2. The van der Waals surface area contributed by atoms with Crippen LogP contribution >= 0.6 is 11.3 Å². The van der Waals surface area contributed by atoms with E-state index in [1.807, 2.05) is 31.2 Å². The molecule has 23 heavy (non-hydrogen) atoms. The first-order valence-electron chi connectivity index (χ1n) is 7.20. The van der Waals surface area contributed by atoms with E-state index >= 15 is 0 Å². The Balaban J connectivity index is 2.06. The van der Waals surface area contributed by atoms with Gasteiger partial charge >= 0.3 is 6.09 Å². The second kappa shape index (κ2) is 6.83. The predicted octanol–water partition coefficient (Wildman–Crippen LogP) is 4.66. The molecule has 0 atom stereocenters. The Morgan fingerprint density at radius 3 is 2.30 bits per heavy atom. The number of aryl methyl sites for hydroxylation is 1. The maximum absolute atomic E-state index is 12.4. The number of hydrogen-bond acceptors (Lipinski definition) is 4.